The lowest BCUT2D eigenvalue weighted by atomic mass is 10.2. The van der Waals surface area contributed by atoms with Gasteiger partial charge in [-0.25, -0.2) is 12.8 Å². The Morgan fingerprint density at radius 1 is 1.14 bits per heavy atom. The smallest absolute Gasteiger partial charge is 0.175 e. The summed E-state index contributed by atoms with van der Waals surface area (Å²) in [5.41, 5.74) is 1.22. The Morgan fingerprint density at radius 3 is 2.33 bits per heavy atom. The fourth-order valence-corrected chi connectivity index (χ4v) is 2.45. The SMILES string of the molecule is COc1ccc(CNc2ccc(S(C)(=O)=O)cc2)c(F)c1. The van der Waals surface area contributed by atoms with Gasteiger partial charge in [-0.2, -0.15) is 0 Å². The number of sulfone groups is 1. The van der Waals surface area contributed by atoms with Crippen LogP contribution in [0.25, 0.3) is 0 Å². The zero-order valence-electron chi connectivity index (χ0n) is 11.8. The van der Waals surface area contributed by atoms with Crippen LogP contribution in [-0.2, 0) is 16.4 Å². The van der Waals surface area contributed by atoms with E-state index in [-0.39, 0.29) is 10.7 Å². The molecule has 6 heteroatoms. The monoisotopic (exact) mass is 309 g/mol. The molecule has 0 unspecified atom stereocenters. The van der Waals surface area contributed by atoms with E-state index in [1.165, 1.54) is 25.3 Å². The molecule has 1 N–H and O–H groups in total. The quantitative estimate of drug-likeness (QED) is 0.923. The molecule has 0 aromatic heterocycles. The Bertz CT molecular complexity index is 727. The van der Waals surface area contributed by atoms with Crippen molar-refractivity contribution in [3.63, 3.8) is 0 Å². The van der Waals surface area contributed by atoms with Crippen LogP contribution in [0, 0.1) is 5.82 Å². The van der Waals surface area contributed by atoms with Gasteiger partial charge in [0.1, 0.15) is 11.6 Å². The van der Waals surface area contributed by atoms with Gasteiger partial charge in [-0.05, 0) is 30.3 Å². The topological polar surface area (TPSA) is 55.4 Å². The number of hydrogen-bond acceptors (Lipinski definition) is 4. The van der Waals surface area contributed by atoms with E-state index in [9.17, 15) is 12.8 Å². The first-order chi connectivity index (χ1) is 9.90. The molecule has 112 valence electrons. The summed E-state index contributed by atoms with van der Waals surface area (Å²) in [6.45, 7) is 0.300. The number of nitrogens with one attached hydrogen (secondary N) is 1. The van der Waals surface area contributed by atoms with E-state index in [1.807, 2.05) is 0 Å². The minimum Gasteiger partial charge on any atom is -0.497 e. The van der Waals surface area contributed by atoms with Gasteiger partial charge in [-0.1, -0.05) is 6.07 Å². The molecule has 0 spiro atoms. The minimum absolute atomic E-state index is 0.253. The van der Waals surface area contributed by atoms with Gasteiger partial charge in [0.15, 0.2) is 9.84 Å². The highest BCUT2D eigenvalue weighted by Crippen LogP contribution is 2.18. The summed E-state index contributed by atoms with van der Waals surface area (Å²) in [4.78, 5) is 0.253. The standard InChI is InChI=1S/C15H16FNO3S/c1-20-13-6-3-11(15(16)9-13)10-17-12-4-7-14(8-5-12)21(2,18)19/h3-9,17H,10H2,1-2H3. The molecule has 0 fully saturated rings. The lowest BCUT2D eigenvalue weighted by molar-refractivity contribution is 0.411. The Kier molecular flexibility index (Phi) is 4.47. The highest BCUT2D eigenvalue weighted by atomic mass is 32.2. The number of hydrogen-bond donors (Lipinski definition) is 1. The fraction of sp³-hybridized carbons (Fsp3) is 0.200. The third kappa shape index (κ3) is 3.95. The molecule has 0 heterocycles. The van der Waals surface area contributed by atoms with Crippen LogP contribution in [-0.4, -0.2) is 21.8 Å². The molecule has 0 radical (unpaired) electrons. The zero-order chi connectivity index (χ0) is 15.5. The summed E-state index contributed by atoms with van der Waals surface area (Å²) in [5.74, 6) is 0.114. The predicted molar refractivity (Wildman–Crippen MR) is 79.8 cm³/mol. The zero-order valence-corrected chi connectivity index (χ0v) is 12.6. The van der Waals surface area contributed by atoms with E-state index in [0.717, 1.165) is 11.9 Å². The molecule has 0 amide bonds. The van der Waals surface area contributed by atoms with E-state index in [1.54, 1.807) is 24.3 Å². The third-order valence-electron chi connectivity index (χ3n) is 3.03. The average molecular weight is 309 g/mol. The Labute approximate surface area is 123 Å². The second-order valence-electron chi connectivity index (χ2n) is 4.61. The molecular formula is C15H16FNO3S. The Balaban J connectivity index is 2.06. The molecule has 0 bridgehead atoms. The number of benzene rings is 2. The molecule has 0 aliphatic rings. The summed E-state index contributed by atoms with van der Waals surface area (Å²) >= 11 is 0. The summed E-state index contributed by atoms with van der Waals surface area (Å²) in [6.07, 6.45) is 1.15. The van der Waals surface area contributed by atoms with Gasteiger partial charge in [0.05, 0.1) is 12.0 Å². The van der Waals surface area contributed by atoms with Crippen molar-refractivity contribution in [2.75, 3.05) is 18.7 Å². The van der Waals surface area contributed by atoms with Crippen molar-refractivity contribution in [1.82, 2.24) is 0 Å². The maximum atomic E-state index is 13.8. The van der Waals surface area contributed by atoms with Crippen molar-refractivity contribution in [1.29, 1.82) is 0 Å². The van der Waals surface area contributed by atoms with Crippen LogP contribution in [0.4, 0.5) is 10.1 Å². The van der Waals surface area contributed by atoms with E-state index in [2.05, 4.69) is 5.32 Å². The van der Waals surface area contributed by atoms with E-state index >= 15 is 0 Å². The molecule has 0 aliphatic heterocycles. The number of anilines is 1. The van der Waals surface area contributed by atoms with Crippen molar-refractivity contribution >= 4 is 15.5 Å². The van der Waals surface area contributed by atoms with Gasteiger partial charge >= 0.3 is 0 Å². The summed E-state index contributed by atoms with van der Waals surface area (Å²) < 4.78 is 41.4. The van der Waals surface area contributed by atoms with Crippen LogP contribution >= 0.6 is 0 Å². The largest absolute Gasteiger partial charge is 0.497 e. The molecule has 0 saturated heterocycles. The van der Waals surface area contributed by atoms with Crippen LogP contribution in [0.3, 0.4) is 0 Å². The first kappa shape index (κ1) is 15.3. The molecule has 2 rings (SSSR count). The molecule has 0 saturated carbocycles. The molecule has 0 aliphatic carbocycles. The summed E-state index contributed by atoms with van der Waals surface area (Å²) in [7, 11) is -1.72. The molecule has 21 heavy (non-hydrogen) atoms. The first-order valence-corrected chi connectivity index (χ1v) is 8.15. The number of methoxy groups -OCH3 is 1. The molecule has 0 atom stereocenters. The number of rotatable bonds is 5. The molecular weight excluding hydrogens is 293 g/mol. The van der Waals surface area contributed by atoms with Gasteiger partial charge in [0.2, 0.25) is 0 Å². The van der Waals surface area contributed by atoms with Crippen LogP contribution in [0.1, 0.15) is 5.56 Å². The Morgan fingerprint density at radius 2 is 1.81 bits per heavy atom. The summed E-state index contributed by atoms with van der Waals surface area (Å²) in [6, 6.07) is 11.0. The lowest BCUT2D eigenvalue weighted by Crippen LogP contribution is -2.03. The van der Waals surface area contributed by atoms with Gasteiger partial charge in [0, 0.05) is 30.1 Å². The van der Waals surface area contributed by atoms with Crippen molar-refractivity contribution in [3.8, 4) is 5.75 Å². The van der Waals surface area contributed by atoms with Gasteiger partial charge < -0.3 is 10.1 Å². The van der Waals surface area contributed by atoms with Crippen LogP contribution in [0.5, 0.6) is 5.75 Å². The molecule has 2 aromatic rings. The van der Waals surface area contributed by atoms with Gasteiger partial charge in [0.25, 0.3) is 0 Å². The first-order valence-electron chi connectivity index (χ1n) is 6.26. The van der Waals surface area contributed by atoms with Crippen LogP contribution in [0.15, 0.2) is 47.4 Å². The highest BCUT2D eigenvalue weighted by Gasteiger charge is 2.07. The fourth-order valence-electron chi connectivity index (χ4n) is 1.82. The Hall–Kier alpha value is -2.08. The average Bonchev–Trinajstić information content (AvgIpc) is 2.45. The maximum absolute atomic E-state index is 13.8. The minimum atomic E-state index is -3.20. The highest BCUT2D eigenvalue weighted by molar-refractivity contribution is 7.90. The normalized spacial score (nSPS) is 11.2. The maximum Gasteiger partial charge on any atom is 0.175 e. The summed E-state index contributed by atoms with van der Waals surface area (Å²) in [5, 5.41) is 3.04. The van der Waals surface area contributed by atoms with Crippen molar-refractivity contribution in [2.24, 2.45) is 0 Å². The molecule has 4 nitrogen and oxygen atoms in total. The molecule has 2 aromatic carbocycles. The number of halogens is 1. The van der Waals surface area contributed by atoms with E-state index in [4.69, 9.17) is 4.74 Å². The second-order valence-corrected chi connectivity index (χ2v) is 6.62. The van der Waals surface area contributed by atoms with E-state index in [0.29, 0.717) is 17.9 Å². The third-order valence-corrected chi connectivity index (χ3v) is 4.15. The van der Waals surface area contributed by atoms with Crippen LogP contribution < -0.4 is 10.1 Å². The van der Waals surface area contributed by atoms with Crippen LogP contribution in [0.2, 0.25) is 0 Å². The van der Waals surface area contributed by atoms with Crippen molar-refractivity contribution < 1.29 is 17.5 Å². The van der Waals surface area contributed by atoms with Crippen molar-refractivity contribution in [2.45, 2.75) is 11.4 Å². The van der Waals surface area contributed by atoms with E-state index < -0.39 is 9.84 Å². The number of ether oxygens (including phenoxy) is 1. The predicted octanol–water partition coefficient (Wildman–Crippen LogP) is 2.85. The van der Waals surface area contributed by atoms with Gasteiger partial charge in [-0.3, -0.25) is 0 Å². The van der Waals surface area contributed by atoms with Gasteiger partial charge in [-0.15, -0.1) is 0 Å². The van der Waals surface area contributed by atoms with Crippen molar-refractivity contribution in [3.05, 3.63) is 53.8 Å². The lowest BCUT2D eigenvalue weighted by Gasteiger charge is -2.09. The second kappa shape index (κ2) is 6.13.